The van der Waals surface area contributed by atoms with Gasteiger partial charge in [-0.2, -0.15) is 0 Å². The number of hydrogen-bond donors (Lipinski definition) is 1. The van der Waals surface area contributed by atoms with Crippen LogP contribution in [-0.4, -0.2) is 4.98 Å². The predicted octanol–water partition coefficient (Wildman–Crippen LogP) is 4.22. The zero-order chi connectivity index (χ0) is 13.3. The van der Waals surface area contributed by atoms with Gasteiger partial charge in [-0.3, -0.25) is 0 Å². The van der Waals surface area contributed by atoms with Crippen LogP contribution in [0.4, 0.5) is 0 Å². The van der Waals surface area contributed by atoms with Crippen LogP contribution in [0.2, 0.25) is 5.02 Å². The van der Waals surface area contributed by atoms with Gasteiger partial charge in [-0.15, -0.1) is 11.3 Å². The number of halogens is 1. The average molecular weight is 281 g/mol. The third-order valence-corrected chi connectivity index (χ3v) is 4.52. The molecule has 0 unspecified atom stereocenters. The molecule has 0 saturated heterocycles. The standard InChI is InChI=1S/C14H17ClN2S/c1-4-11-12(14(2,3)16)18-13(17-11)9-7-5-6-8-10(9)15/h5-8H,4,16H2,1-3H3. The van der Waals surface area contributed by atoms with Gasteiger partial charge in [0, 0.05) is 16.0 Å². The van der Waals surface area contributed by atoms with E-state index in [0.29, 0.717) is 0 Å². The SMILES string of the molecule is CCc1nc(-c2ccccc2Cl)sc1C(C)(C)N. The summed E-state index contributed by atoms with van der Waals surface area (Å²) in [4.78, 5) is 5.82. The zero-order valence-electron chi connectivity index (χ0n) is 10.8. The van der Waals surface area contributed by atoms with Crippen LogP contribution in [-0.2, 0) is 12.0 Å². The summed E-state index contributed by atoms with van der Waals surface area (Å²) in [6.07, 6.45) is 0.886. The first-order chi connectivity index (χ1) is 8.43. The number of rotatable bonds is 3. The Kier molecular flexibility index (Phi) is 3.76. The maximum absolute atomic E-state index is 6.21. The second kappa shape index (κ2) is 5.00. The van der Waals surface area contributed by atoms with E-state index in [1.165, 1.54) is 0 Å². The van der Waals surface area contributed by atoms with Gasteiger partial charge in [-0.05, 0) is 26.3 Å². The number of benzene rings is 1. The number of hydrogen-bond acceptors (Lipinski definition) is 3. The van der Waals surface area contributed by atoms with Gasteiger partial charge >= 0.3 is 0 Å². The normalized spacial score (nSPS) is 11.8. The molecule has 0 fully saturated rings. The van der Waals surface area contributed by atoms with E-state index in [-0.39, 0.29) is 5.54 Å². The lowest BCUT2D eigenvalue weighted by Crippen LogP contribution is -2.28. The minimum atomic E-state index is -0.359. The van der Waals surface area contributed by atoms with Crippen molar-refractivity contribution in [2.75, 3.05) is 0 Å². The van der Waals surface area contributed by atoms with E-state index in [1.54, 1.807) is 11.3 Å². The molecular weight excluding hydrogens is 264 g/mol. The van der Waals surface area contributed by atoms with Crippen LogP contribution in [0, 0.1) is 0 Å². The molecule has 0 aliphatic rings. The van der Waals surface area contributed by atoms with E-state index in [9.17, 15) is 0 Å². The molecule has 0 aliphatic carbocycles. The first kappa shape index (κ1) is 13.5. The van der Waals surface area contributed by atoms with Gasteiger partial charge in [-0.1, -0.05) is 36.7 Å². The van der Waals surface area contributed by atoms with Crippen molar-refractivity contribution in [2.24, 2.45) is 5.73 Å². The Morgan fingerprint density at radius 3 is 2.50 bits per heavy atom. The van der Waals surface area contributed by atoms with Gasteiger partial charge in [0.05, 0.1) is 10.7 Å². The summed E-state index contributed by atoms with van der Waals surface area (Å²) in [6.45, 7) is 6.12. The van der Waals surface area contributed by atoms with Gasteiger partial charge in [0.1, 0.15) is 5.01 Å². The Morgan fingerprint density at radius 2 is 2.00 bits per heavy atom. The van der Waals surface area contributed by atoms with Crippen molar-refractivity contribution in [2.45, 2.75) is 32.7 Å². The molecule has 2 nitrogen and oxygen atoms in total. The summed E-state index contributed by atoms with van der Waals surface area (Å²) in [7, 11) is 0. The highest BCUT2D eigenvalue weighted by atomic mass is 35.5. The van der Waals surface area contributed by atoms with Crippen LogP contribution in [0.15, 0.2) is 24.3 Å². The zero-order valence-corrected chi connectivity index (χ0v) is 12.4. The van der Waals surface area contributed by atoms with E-state index in [2.05, 4.69) is 11.9 Å². The fraction of sp³-hybridized carbons (Fsp3) is 0.357. The molecule has 4 heteroatoms. The molecule has 0 spiro atoms. The Bertz CT molecular complexity index is 555. The third kappa shape index (κ3) is 2.58. The largest absolute Gasteiger partial charge is 0.321 e. The molecule has 18 heavy (non-hydrogen) atoms. The summed E-state index contributed by atoms with van der Waals surface area (Å²) < 4.78 is 0. The minimum absolute atomic E-state index is 0.359. The lowest BCUT2D eigenvalue weighted by atomic mass is 10.0. The molecule has 2 rings (SSSR count). The van der Waals surface area contributed by atoms with Crippen molar-refractivity contribution in [3.63, 3.8) is 0 Å². The molecule has 0 saturated carbocycles. The van der Waals surface area contributed by atoms with Crippen LogP contribution in [0.3, 0.4) is 0 Å². The summed E-state index contributed by atoms with van der Waals surface area (Å²) in [5.74, 6) is 0. The number of thiazole rings is 1. The molecule has 1 heterocycles. The van der Waals surface area contributed by atoms with Gasteiger partial charge < -0.3 is 5.73 Å². The van der Waals surface area contributed by atoms with Crippen molar-refractivity contribution in [1.82, 2.24) is 4.98 Å². The second-order valence-corrected chi connectivity index (χ2v) is 6.26. The quantitative estimate of drug-likeness (QED) is 0.914. The van der Waals surface area contributed by atoms with Crippen molar-refractivity contribution in [3.05, 3.63) is 39.9 Å². The fourth-order valence-electron chi connectivity index (χ4n) is 1.84. The number of aryl methyl sites for hydroxylation is 1. The van der Waals surface area contributed by atoms with Crippen LogP contribution >= 0.6 is 22.9 Å². The smallest absolute Gasteiger partial charge is 0.125 e. The van der Waals surface area contributed by atoms with Gasteiger partial charge in [-0.25, -0.2) is 4.98 Å². The Labute approximate surface area is 117 Å². The Balaban J connectivity index is 2.55. The highest BCUT2D eigenvalue weighted by Crippen LogP contribution is 2.36. The first-order valence-electron chi connectivity index (χ1n) is 5.97. The molecule has 1 aromatic heterocycles. The topological polar surface area (TPSA) is 38.9 Å². The number of aromatic nitrogens is 1. The van der Waals surface area contributed by atoms with Crippen molar-refractivity contribution < 1.29 is 0 Å². The molecule has 0 atom stereocenters. The van der Waals surface area contributed by atoms with E-state index >= 15 is 0 Å². The van der Waals surface area contributed by atoms with E-state index in [1.807, 2.05) is 38.1 Å². The maximum atomic E-state index is 6.21. The first-order valence-corrected chi connectivity index (χ1v) is 7.17. The number of nitrogens with zero attached hydrogens (tertiary/aromatic N) is 1. The molecule has 1 aromatic carbocycles. The highest BCUT2D eigenvalue weighted by Gasteiger charge is 2.23. The molecule has 96 valence electrons. The molecule has 2 N–H and O–H groups in total. The maximum Gasteiger partial charge on any atom is 0.125 e. The van der Waals surface area contributed by atoms with E-state index in [0.717, 1.165) is 32.6 Å². The molecule has 0 amide bonds. The summed E-state index contributed by atoms with van der Waals surface area (Å²) in [5, 5.41) is 1.68. The molecule has 0 radical (unpaired) electrons. The lowest BCUT2D eigenvalue weighted by molar-refractivity contribution is 0.559. The molecular formula is C14H17ClN2S. The summed E-state index contributed by atoms with van der Waals surface area (Å²) in [5.41, 5.74) is 7.89. The van der Waals surface area contributed by atoms with Crippen LogP contribution in [0.25, 0.3) is 10.6 Å². The van der Waals surface area contributed by atoms with Crippen LogP contribution in [0.5, 0.6) is 0 Å². The Morgan fingerprint density at radius 1 is 1.33 bits per heavy atom. The monoisotopic (exact) mass is 280 g/mol. The van der Waals surface area contributed by atoms with Gasteiger partial charge in [0.15, 0.2) is 0 Å². The predicted molar refractivity (Wildman–Crippen MR) is 79.2 cm³/mol. The highest BCUT2D eigenvalue weighted by molar-refractivity contribution is 7.15. The second-order valence-electron chi connectivity index (χ2n) is 4.85. The van der Waals surface area contributed by atoms with Gasteiger partial charge in [0.2, 0.25) is 0 Å². The Hall–Kier alpha value is -0.900. The van der Waals surface area contributed by atoms with Gasteiger partial charge in [0.25, 0.3) is 0 Å². The van der Waals surface area contributed by atoms with E-state index in [4.69, 9.17) is 17.3 Å². The minimum Gasteiger partial charge on any atom is -0.321 e. The van der Waals surface area contributed by atoms with Crippen molar-refractivity contribution in [1.29, 1.82) is 0 Å². The van der Waals surface area contributed by atoms with Crippen LogP contribution in [0.1, 0.15) is 31.3 Å². The van der Waals surface area contributed by atoms with Crippen molar-refractivity contribution >= 4 is 22.9 Å². The van der Waals surface area contributed by atoms with Crippen molar-refractivity contribution in [3.8, 4) is 10.6 Å². The number of nitrogens with two attached hydrogens (primary N) is 1. The lowest BCUT2D eigenvalue weighted by Gasteiger charge is -2.17. The average Bonchev–Trinajstić information content (AvgIpc) is 2.73. The molecule has 2 aromatic rings. The molecule has 0 aliphatic heterocycles. The summed E-state index contributed by atoms with van der Waals surface area (Å²) in [6, 6.07) is 7.78. The van der Waals surface area contributed by atoms with Crippen LogP contribution < -0.4 is 5.73 Å². The summed E-state index contributed by atoms with van der Waals surface area (Å²) >= 11 is 7.85. The molecule has 0 bridgehead atoms. The van der Waals surface area contributed by atoms with E-state index < -0.39 is 0 Å². The third-order valence-electron chi connectivity index (χ3n) is 2.72. The fourth-order valence-corrected chi connectivity index (χ4v) is 3.33.